The Bertz CT molecular complexity index is 502. The van der Waals surface area contributed by atoms with Gasteiger partial charge in [0.2, 0.25) is 0 Å². The Morgan fingerprint density at radius 3 is 2.60 bits per heavy atom. The molecule has 0 aliphatic carbocycles. The summed E-state index contributed by atoms with van der Waals surface area (Å²) in [7, 11) is 0. The van der Waals surface area contributed by atoms with E-state index in [0.717, 1.165) is 16.9 Å². The van der Waals surface area contributed by atoms with Crippen LogP contribution in [0.25, 0.3) is 11.3 Å². The molecule has 0 spiro atoms. The van der Waals surface area contributed by atoms with Gasteiger partial charge in [0.05, 0.1) is 10.9 Å². The van der Waals surface area contributed by atoms with Gasteiger partial charge in [-0.15, -0.1) is 0 Å². The molecule has 0 N–H and O–H groups in total. The van der Waals surface area contributed by atoms with Gasteiger partial charge in [0, 0.05) is 11.8 Å². The first-order valence-corrected chi connectivity index (χ1v) is 4.91. The summed E-state index contributed by atoms with van der Waals surface area (Å²) in [6, 6.07) is 13.6. The number of rotatable bonds is 2. The maximum absolute atomic E-state index is 4.60. The lowest BCUT2D eigenvalue weighted by Crippen LogP contribution is -1.82. The molecule has 0 aliphatic rings. The van der Waals surface area contributed by atoms with E-state index in [4.69, 9.17) is 0 Å². The van der Waals surface area contributed by atoms with Crippen LogP contribution in [0.5, 0.6) is 0 Å². The number of aromatic nitrogens is 1. The zero-order valence-electron chi connectivity index (χ0n) is 7.92. The van der Waals surface area contributed by atoms with Crippen molar-refractivity contribution in [1.82, 2.24) is 4.98 Å². The van der Waals surface area contributed by atoms with E-state index in [9.17, 15) is 0 Å². The first-order chi connectivity index (χ1) is 7.42. The predicted octanol–water partition coefficient (Wildman–Crippen LogP) is 3.48. The standard InChI is InChI=1S/C12H8N2S/c15-9-14-11-7-4-8-13-12(11)10-5-2-1-3-6-10/h1-8H. The van der Waals surface area contributed by atoms with Crippen molar-refractivity contribution >= 4 is 23.1 Å². The normalized spacial score (nSPS) is 9.33. The molecule has 15 heavy (non-hydrogen) atoms. The van der Waals surface area contributed by atoms with E-state index in [-0.39, 0.29) is 0 Å². The summed E-state index contributed by atoms with van der Waals surface area (Å²) in [4.78, 5) is 8.27. The second-order valence-corrected chi connectivity index (χ2v) is 3.12. The minimum Gasteiger partial charge on any atom is -0.254 e. The van der Waals surface area contributed by atoms with Gasteiger partial charge in [-0.25, -0.2) is 0 Å². The molecule has 0 saturated heterocycles. The van der Waals surface area contributed by atoms with E-state index >= 15 is 0 Å². The first kappa shape index (κ1) is 9.71. The minimum atomic E-state index is 0.749. The van der Waals surface area contributed by atoms with Crippen molar-refractivity contribution in [3.8, 4) is 11.3 Å². The van der Waals surface area contributed by atoms with Crippen LogP contribution in [0.1, 0.15) is 0 Å². The lowest BCUT2D eigenvalue weighted by atomic mass is 10.1. The quantitative estimate of drug-likeness (QED) is 0.562. The van der Waals surface area contributed by atoms with Crippen molar-refractivity contribution in [2.75, 3.05) is 0 Å². The van der Waals surface area contributed by atoms with Gasteiger partial charge in [0.25, 0.3) is 0 Å². The molecule has 1 aromatic carbocycles. The summed E-state index contributed by atoms with van der Waals surface area (Å²) in [5, 5.41) is 2.36. The van der Waals surface area contributed by atoms with Crippen molar-refractivity contribution < 1.29 is 0 Å². The van der Waals surface area contributed by atoms with Crippen LogP contribution in [0.2, 0.25) is 0 Å². The molecule has 0 radical (unpaired) electrons. The lowest BCUT2D eigenvalue weighted by molar-refractivity contribution is 1.31. The maximum atomic E-state index is 4.60. The van der Waals surface area contributed by atoms with Crippen LogP contribution in [-0.2, 0) is 0 Å². The van der Waals surface area contributed by atoms with Gasteiger partial charge < -0.3 is 0 Å². The lowest BCUT2D eigenvalue weighted by Gasteiger charge is -2.02. The number of nitrogens with zero attached hydrogens (tertiary/aromatic N) is 2. The molecular weight excluding hydrogens is 204 g/mol. The highest BCUT2D eigenvalue weighted by Crippen LogP contribution is 2.26. The number of isothiocyanates is 1. The second-order valence-electron chi connectivity index (χ2n) is 2.94. The van der Waals surface area contributed by atoms with Gasteiger partial charge in [-0.2, -0.15) is 4.99 Å². The highest BCUT2D eigenvalue weighted by atomic mass is 32.1. The van der Waals surface area contributed by atoms with Gasteiger partial charge in [0.1, 0.15) is 5.69 Å². The third-order valence-electron chi connectivity index (χ3n) is 2.00. The van der Waals surface area contributed by atoms with E-state index in [1.165, 1.54) is 0 Å². The summed E-state index contributed by atoms with van der Waals surface area (Å²) in [5.74, 6) is 0. The molecule has 0 fully saturated rings. The highest BCUT2D eigenvalue weighted by Gasteiger charge is 2.03. The zero-order valence-corrected chi connectivity index (χ0v) is 8.74. The molecule has 1 aromatic heterocycles. The zero-order chi connectivity index (χ0) is 10.5. The van der Waals surface area contributed by atoms with Crippen LogP contribution in [0.15, 0.2) is 53.7 Å². The van der Waals surface area contributed by atoms with E-state index < -0.39 is 0 Å². The SMILES string of the molecule is S=C=Nc1cccnc1-c1ccccc1. The van der Waals surface area contributed by atoms with Gasteiger partial charge in [-0.3, -0.25) is 4.98 Å². The van der Waals surface area contributed by atoms with E-state index in [2.05, 4.69) is 27.4 Å². The number of aliphatic imine (C=N–C) groups is 1. The molecule has 72 valence electrons. The molecule has 2 rings (SSSR count). The van der Waals surface area contributed by atoms with Gasteiger partial charge in [-0.05, 0) is 24.4 Å². The predicted molar refractivity (Wildman–Crippen MR) is 64.4 cm³/mol. The summed E-state index contributed by atoms with van der Waals surface area (Å²) in [6.07, 6.45) is 1.74. The monoisotopic (exact) mass is 212 g/mol. The van der Waals surface area contributed by atoms with E-state index in [0.29, 0.717) is 0 Å². The number of benzene rings is 1. The molecule has 0 atom stereocenters. The molecule has 2 aromatic rings. The summed E-state index contributed by atoms with van der Waals surface area (Å²) in [5.41, 5.74) is 2.61. The number of thiocarbonyl (C=S) groups is 1. The van der Waals surface area contributed by atoms with Crippen molar-refractivity contribution in [2.24, 2.45) is 4.99 Å². The fourth-order valence-electron chi connectivity index (χ4n) is 1.35. The Morgan fingerprint density at radius 2 is 1.87 bits per heavy atom. The average molecular weight is 212 g/mol. The third-order valence-corrected chi connectivity index (χ3v) is 2.09. The summed E-state index contributed by atoms with van der Waals surface area (Å²) in [6.45, 7) is 0. The van der Waals surface area contributed by atoms with Gasteiger partial charge in [0.15, 0.2) is 0 Å². The van der Waals surface area contributed by atoms with E-state index in [1.807, 2.05) is 42.5 Å². The molecule has 0 aliphatic heterocycles. The first-order valence-electron chi connectivity index (χ1n) is 4.50. The molecule has 0 saturated carbocycles. The summed E-state index contributed by atoms with van der Waals surface area (Å²) < 4.78 is 0. The van der Waals surface area contributed by atoms with Crippen LogP contribution < -0.4 is 0 Å². The molecule has 2 nitrogen and oxygen atoms in total. The molecule has 0 bridgehead atoms. The van der Waals surface area contributed by atoms with E-state index in [1.54, 1.807) is 6.20 Å². The Kier molecular flexibility index (Phi) is 2.98. The molecule has 0 unspecified atom stereocenters. The number of hydrogen-bond donors (Lipinski definition) is 0. The van der Waals surface area contributed by atoms with Crippen LogP contribution in [0.3, 0.4) is 0 Å². The molecule has 3 heteroatoms. The number of hydrogen-bond acceptors (Lipinski definition) is 3. The van der Waals surface area contributed by atoms with Crippen LogP contribution in [0, 0.1) is 0 Å². The summed E-state index contributed by atoms with van der Waals surface area (Å²) >= 11 is 4.60. The maximum Gasteiger partial charge on any atom is 0.100 e. The fourth-order valence-corrected chi connectivity index (χ4v) is 1.45. The van der Waals surface area contributed by atoms with Gasteiger partial charge in [-0.1, -0.05) is 30.3 Å². The van der Waals surface area contributed by atoms with Crippen LogP contribution >= 0.6 is 12.2 Å². The largest absolute Gasteiger partial charge is 0.254 e. The number of pyridine rings is 1. The molecule has 1 heterocycles. The fraction of sp³-hybridized carbons (Fsp3) is 0. The second kappa shape index (κ2) is 4.60. The van der Waals surface area contributed by atoms with Crippen molar-refractivity contribution in [1.29, 1.82) is 0 Å². The Morgan fingerprint density at radius 1 is 1.07 bits per heavy atom. The van der Waals surface area contributed by atoms with Crippen molar-refractivity contribution in [3.05, 3.63) is 48.7 Å². The third kappa shape index (κ3) is 2.15. The molecular formula is C12H8N2S. The average Bonchev–Trinajstić information content (AvgIpc) is 2.31. The van der Waals surface area contributed by atoms with Crippen molar-refractivity contribution in [2.45, 2.75) is 0 Å². The molecule has 0 amide bonds. The van der Waals surface area contributed by atoms with Crippen LogP contribution in [-0.4, -0.2) is 10.1 Å². The van der Waals surface area contributed by atoms with Crippen molar-refractivity contribution in [3.63, 3.8) is 0 Å². The Hall–Kier alpha value is -1.83. The van der Waals surface area contributed by atoms with Crippen LogP contribution in [0.4, 0.5) is 5.69 Å². The van der Waals surface area contributed by atoms with Gasteiger partial charge >= 0.3 is 0 Å². The highest BCUT2D eigenvalue weighted by molar-refractivity contribution is 7.78. The Balaban J connectivity index is 2.58. The smallest absolute Gasteiger partial charge is 0.100 e. The topological polar surface area (TPSA) is 25.2 Å². The minimum absolute atomic E-state index is 0.749. The Labute approximate surface area is 93.3 Å².